The number of imidazole rings is 1. The van der Waals surface area contributed by atoms with Gasteiger partial charge in [-0.3, -0.25) is 4.57 Å². The summed E-state index contributed by atoms with van der Waals surface area (Å²) >= 11 is 0. The van der Waals surface area contributed by atoms with Gasteiger partial charge in [0.15, 0.2) is 0 Å². The zero-order valence-electron chi connectivity index (χ0n) is 9.32. The van der Waals surface area contributed by atoms with E-state index < -0.39 is 5.54 Å². The van der Waals surface area contributed by atoms with Crippen molar-refractivity contribution in [3.63, 3.8) is 0 Å². The van der Waals surface area contributed by atoms with Crippen molar-refractivity contribution in [2.75, 3.05) is 12.3 Å². The zero-order chi connectivity index (χ0) is 11.9. The van der Waals surface area contributed by atoms with Crippen LogP contribution in [0.2, 0.25) is 0 Å². The zero-order valence-corrected chi connectivity index (χ0v) is 9.32. The van der Waals surface area contributed by atoms with E-state index in [1.807, 2.05) is 0 Å². The van der Waals surface area contributed by atoms with Gasteiger partial charge in [0.05, 0.1) is 23.2 Å². The van der Waals surface area contributed by atoms with Gasteiger partial charge in [-0.25, -0.2) is 4.79 Å². The number of aromatic nitrogens is 2. The monoisotopic (exact) mass is 221 g/mol. The van der Waals surface area contributed by atoms with Crippen molar-refractivity contribution < 1.29 is 5.11 Å². The van der Waals surface area contributed by atoms with Crippen LogP contribution >= 0.6 is 0 Å². The predicted octanol–water partition coefficient (Wildman–Crippen LogP) is 0.639. The molecule has 0 spiro atoms. The first-order valence-corrected chi connectivity index (χ1v) is 5.07. The Labute approximate surface area is 92.5 Å². The van der Waals surface area contributed by atoms with Crippen LogP contribution in [-0.4, -0.2) is 21.3 Å². The molecule has 2 rings (SSSR count). The number of H-pyrrole nitrogens is 1. The van der Waals surface area contributed by atoms with Gasteiger partial charge in [0, 0.05) is 5.69 Å². The molecule has 0 aliphatic rings. The Bertz CT molecular complexity index is 580. The fourth-order valence-electron chi connectivity index (χ4n) is 1.79. The fraction of sp³-hybridized carbons (Fsp3) is 0.364. The molecule has 0 aliphatic carbocycles. The summed E-state index contributed by atoms with van der Waals surface area (Å²) in [6.45, 7) is 3.48. The van der Waals surface area contributed by atoms with E-state index >= 15 is 0 Å². The second kappa shape index (κ2) is 3.38. The lowest BCUT2D eigenvalue weighted by atomic mass is 10.1. The summed E-state index contributed by atoms with van der Waals surface area (Å²) in [7, 11) is 0. The van der Waals surface area contributed by atoms with Crippen molar-refractivity contribution in [2.24, 2.45) is 0 Å². The lowest BCUT2D eigenvalue weighted by Crippen LogP contribution is -2.37. The number of hydrogen-bond acceptors (Lipinski definition) is 3. The van der Waals surface area contributed by atoms with Crippen LogP contribution in [-0.2, 0) is 5.54 Å². The minimum absolute atomic E-state index is 0.116. The third-order valence-electron chi connectivity index (χ3n) is 2.70. The summed E-state index contributed by atoms with van der Waals surface area (Å²) < 4.78 is 1.53. The molecule has 4 N–H and O–H groups in total. The highest BCUT2D eigenvalue weighted by molar-refractivity contribution is 5.79. The van der Waals surface area contributed by atoms with Crippen molar-refractivity contribution in [1.82, 2.24) is 9.55 Å². The highest BCUT2D eigenvalue weighted by Gasteiger charge is 2.23. The topological polar surface area (TPSA) is 84.0 Å². The van der Waals surface area contributed by atoms with Crippen LogP contribution in [0.1, 0.15) is 13.8 Å². The van der Waals surface area contributed by atoms with Gasteiger partial charge in [0.1, 0.15) is 0 Å². The molecule has 0 atom stereocenters. The second-order valence-electron chi connectivity index (χ2n) is 4.51. The minimum atomic E-state index is -0.650. The number of nitrogens with one attached hydrogen (secondary N) is 1. The molecule has 0 bridgehead atoms. The Hall–Kier alpha value is -1.75. The fourth-order valence-corrected chi connectivity index (χ4v) is 1.79. The first-order valence-electron chi connectivity index (χ1n) is 5.07. The van der Waals surface area contributed by atoms with Crippen LogP contribution < -0.4 is 11.4 Å². The van der Waals surface area contributed by atoms with Gasteiger partial charge >= 0.3 is 5.69 Å². The van der Waals surface area contributed by atoms with E-state index in [2.05, 4.69) is 4.98 Å². The third-order valence-corrected chi connectivity index (χ3v) is 2.70. The highest BCUT2D eigenvalue weighted by atomic mass is 16.3. The second-order valence-corrected chi connectivity index (χ2v) is 4.51. The summed E-state index contributed by atoms with van der Waals surface area (Å²) in [4.78, 5) is 14.5. The van der Waals surface area contributed by atoms with Gasteiger partial charge in [-0.15, -0.1) is 0 Å². The number of nitrogens with zero attached hydrogens (tertiary/aromatic N) is 1. The van der Waals surface area contributed by atoms with Gasteiger partial charge in [-0.2, -0.15) is 0 Å². The van der Waals surface area contributed by atoms with E-state index in [4.69, 9.17) is 5.73 Å². The third kappa shape index (κ3) is 1.49. The van der Waals surface area contributed by atoms with Crippen LogP contribution in [0.5, 0.6) is 0 Å². The SMILES string of the molecule is CC(C)(CO)n1c(=O)[nH]c2ccc(N)cc21. The molecule has 0 amide bonds. The maximum Gasteiger partial charge on any atom is 0.327 e. The molecule has 2 aromatic rings. The largest absolute Gasteiger partial charge is 0.399 e. The van der Waals surface area contributed by atoms with Gasteiger partial charge in [0.2, 0.25) is 0 Å². The number of benzene rings is 1. The van der Waals surface area contributed by atoms with Gasteiger partial charge in [-0.1, -0.05) is 0 Å². The summed E-state index contributed by atoms with van der Waals surface area (Å²) in [5.41, 5.74) is 6.84. The molecule has 0 radical (unpaired) electrons. The number of nitrogen functional groups attached to an aromatic ring is 1. The Morgan fingerprint density at radius 3 is 2.81 bits per heavy atom. The number of nitrogens with two attached hydrogens (primary N) is 1. The quantitative estimate of drug-likeness (QED) is 0.651. The molecule has 1 aromatic carbocycles. The van der Waals surface area contributed by atoms with E-state index in [9.17, 15) is 9.90 Å². The summed E-state index contributed by atoms with van der Waals surface area (Å²) in [6, 6.07) is 5.22. The Morgan fingerprint density at radius 2 is 2.19 bits per heavy atom. The Kier molecular flexibility index (Phi) is 2.27. The number of aromatic amines is 1. The first kappa shape index (κ1) is 10.8. The number of fused-ring (bicyclic) bond motifs is 1. The summed E-state index contributed by atoms with van der Waals surface area (Å²) in [5, 5.41) is 9.31. The number of aliphatic hydroxyl groups excluding tert-OH is 1. The van der Waals surface area contributed by atoms with E-state index in [1.54, 1.807) is 32.0 Å². The van der Waals surface area contributed by atoms with Gasteiger partial charge in [0.25, 0.3) is 0 Å². The van der Waals surface area contributed by atoms with Crippen molar-refractivity contribution in [3.8, 4) is 0 Å². The molecule has 0 saturated heterocycles. The lowest BCUT2D eigenvalue weighted by Gasteiger charge is -2.23. The molecule has 5 heteroatoms. The van der Waals surface area contributed by atoms with Gasteiger partial charge in [-0.05, 0) is 32.0 Å². The van der Waals surface area contributed by atoms with Gasteiger partial charge < -0.3 is 15.8 Å². The first-order chi connectivity index (χ1) is 7.45. The highest BCUT2D eigenvalue weighted by Crippen LogP contribution is 2.21. The van der Waals surface area contributed by atoms with Crippen molar-refractivity contribution in [2.45, 2.75) is 19.4 Å². The summed E-state index contributed by atoms with van der Waals surface area (Å²) in [5.74, 6) is 0. The number of rotatable bonds is 2. The molecule has 0 saturated carbocycles. The van der Waals surface area contributed by atoms with Crippen LogP contribution in [0.15, 0.2) is 23.0 Å². The number of hydrogen-bond donors (Lipinski definition) is 3. The molecule has 0 unspecified atom stereocenters. The minimum Gasteiger partial charge on any atom is -0.399 e. The van der Waals surface area contributed by atoms with E-state index in [0.717, 1.165) is 5.52 Å². The average Bonchev–Trinajstić information content (AvgIpc) is 2.54. The maximum atomic E-state index is 11.8. The predicted molar refractivity (Wildman–Crippen MR) is 63.4 cm³/mol. The van der Waals surface area contributed by atoms with E-state index in [1.165, 1.54) is 4.57 Å². The molecular weight excluding hydrogens is 206 g/mol. The molecule has 1 heterocycles. The molecule has 16 heavy (non-hydrogen) atoms. The smallest absolute Gasteiger partial charge is 0.327 e. The molecule has 1 aromatic heterocycles. The number of aliphatic hydroxyl groups is 1. The van der Waals surface area contributed by atoms with Crippen LogP contribution in [0.4, 0.5) is 5.69 Å². The normalized spacial score (nSPS) is 12.2. The van der Waals surface area contributed by atoms with E-state index in [-0.39, 0.29) is 12.3 Å². The molecular formula is C11H15N3O2. The molecule has 0 aliphatic heterocycles. The maximum absolute atomic E-state index is 11.8. The molecule has 5 nitrogen and oxygen atoms in total. The molecule has 86 valence electrons. The average molecular weight is 221 g/mol. The van der Waals surface area contributed by atoms with Crippen molar-refractivity contribution >= 4 is 16.7 Å². The Balaban J connectivity index is 2.83. The lowest BCUT2D eigenvalue weighted by molar-refractivity contribution is 0.165. The molecule has 0 fully saturated rings. The van der Waals surface area contributed by atoms with E-state index in [0.29, 0.717) is 11.2 Å². The van der Waals surface area contributed by atoms with Crippen molar-refractivity contribution in [1.29, 1.82) is 0 Å². The standard InChI is InChI=1S/C11H15N3O2/c1-11(2,6-15)14-9-5-7(12)3-4-8(9)13-10(14)16/h3-5,15H,6,12H2,1-2H3,(H,13,16). The number of anilines is 1. The van der Waals surface area contributed by atoms with Crippen molar-refractivity contribution in [3.05, 3.63) is 28.7 Å². The van der Waals surface area contributed by atoms with Crippen LogP contribution in [0, 0.1) is 0 Å². The van der Waals surface area contributed by atoms with Crippen LogP contribution in [0.25, 0.3) is 11.0 Å². The summed E-state index contributed by atoms with van der Waals surface area (Å²) in [6.07, 6.45) is 0. The van der Waals surface area contributed by atoms with Crippen LogP contribution in [0.3, 0.4) is 0 Å². The Morgan fingerprint density at radius 1 is 1.50 bits per heavy atom.